The van der Waals surface area contributed by atoms with Crippen molar-refractivity contribution >= 4 is 17.3 Å². The van der Waals surface area contributed by atoms with Crippen molar-refractivity contribution in [3.63, 3.8) is 0 Å². The van der Waals surface area contributed by atoms with Crippen LogP contribution in [0.5, 0.6) is 0 Å². The zero-order valence-corrected chi connectivity index (χ0v) is 13.2. The summed E-state index contributed by atoms with van der Waals surface area (Å²) in [5.41, 5.74) is 8.70. The second-order valence-corrected chi connectivity index (χ2v) is 6.17. The van der Waals surface area contributed by atoms with Gasteiger partial charge in [-0.15, -0.1) is 0 Å². The first-order chi connectivity index (χ1) is 11.2. The molecule has 0 radical (unpaired) electrons. The van der Waals surface area contributed by atoms with Crippen LogP contribution < -0.4 is 11.1 Å². The van der Waals surface area contributed by atoms with Gasteiger partial charge in [0.15, 0.2) is 0 Å². The second kappa shape index (κ2) is 7.29. The third-order valence-electron chi connectivity index (χ3n) is 4.27. The van der Waals surface area contributed by atoms with Gasteiger partial charge in [-0.2, -0.15) is 0 Å². The number of nitrogens with one attached hydrogen (secondary N) is 1. The van der Waals surface area contributed by atoms with Gasteiger partial charge >= 0.3 is 0 Å². The Bertz CT molecular complexity index is 657. The van der Waals surface area contributed by atoms with Crippen LogP contribution in [0.4, 0.5) is 11.4 Å². The number of carbonyl (C=O) groups is 1. The molecule has 4 heteroatoms. The molecular formula is C19H23N3O. The van der Waals surface area contributed by atoms with E-state index in [1.165, 1.54) is 5.56 Å². The number of anilines is 2. The Labute approximate surface area is 137 Å². The van der Waals surface area contributed by atoms with Gasteiger partial charge in [0.05, 0.1) is 5.92 Å². The molecule has 1 aliphatic heterocycles. The smallest absolute Gasteiger partial charge is 0.228 e. The van der Waals surface area contributed by atoms with Gasteiger partial charge in [-0.25, -0.2) is 0 Å². The molecule has 23 heavy (non-hydrogen) atoms. The maximum absolute atomic E-state index is 12.5. The number of piperidine rings is 1. The predicted molar refractivity (Wildman–Crippen MR) is 93.9 cm³/mol. The minimum atomic E-state index is 0.0463. The van der Waals surface area contributed by atoms with Gasteiger partial charge in [0.1, 0.15) is 0 Å². The van der Waals surface area contributed by atoms with Crippen molar-refractivity contribution in [1.29, 1.82) is 0 Å². The lowest BCUT2D eigenvalue weighted by atomic mass is 9.96. The molecule has 1 aliphatic rings. The zero-order chi connectivity index (χ0) is 16.1. The molecule has 2 aromatic rings. The van der Waals surface area contributed by atoms with Crippen molar-refractivity contribution in [2.75, 3.05) is 24.1 Å². The second-order valence-electron chi connectivity index (χ2n) is 6.17. The number of hydrogen-bond acceptors (Lipinski definition) is 3. The van der Waals surface area contributed by atoms with Gasteiger partial charge in [0.2, 0.25) is 5.91 Å². The van der Waals surface area contributed by atoms with Crippen molar-refractivity contribution in [3.05, 3.63) is 60.2 Å². The van der Waals surface area contributed by atoms with Gasteiger partial charge in [-0.05, 0) is 49.2 Å². The predicted octanol–water partition coefficient (Wildman–Crippen LogP) is 3.12. The van der Waals surface area contributed by atoms with Crippen molar-refractivity contribution in [3.8, 4) is 0 Å². The summed E-state index contributed by atoms with van der Waals surface area (Å²) < 4.78 is 0. The number of nitrogens with two attached hydrogens (primary N) is 1. The first-order valence-electron chi connectivity index (χ1n) is 8.13. The maximum atomic E-state index is 12.5. The van der Waals surface area contributed by atoms with E-state index in [2.05, 4.69) is 16.3 Å². The summed E-state index contributed by atoms with van der Waals surface area (Å²) >= 11 is 0. The van der Waals surface area contributed by atoms with Gasteiger partial charge < -0.3 is 11.1 Å². The number of carbonyl (C=O) groups excluding carboxylic acids is 1. The molecular weight excluding hydrogens is 286 g/mol. The molecule has 120 valence electrons. The Morgan fingerprint density at radius 1 is 1.17 bits per heavy atom. The largest absolute Gasteiger partial charge is 0.399 e. The molecule has 2 aromatic carbocycles. The molecule has 1 unspecified atom stereocenters. The van der Waals surface area contributed by atoms with E-state index in [0.29, 0.717) is 0 Å². The Morgan fingerprint density at radius 2 is 2.00 bits per heavy atom. The summed E-state index contributed by atoms with van der Waals surface area (Å²) in [4.78, 5) is 14.8. The molecule has 3 N–H and O–H groups in total. The molecule has 1 fully saturated rings. The topological polar surface area (TPSA) is 58.4 Å². The fourth-order valence-electron chi connectivity index (χ4n) is 3.13. The summed E-state index contributed by atoms with van der Waals surface area (Å²) in [5, 5.41) is 3.02. The Morgan fingerprint density at radius 3 is 2.78 bits per heavy atom. The van der Waals surface area contributed by atoms with Crippen molar-refractivity contribution in [2.45, 2.75) is 19.4 Å². The normalized spacial score (nSPS) is 18.5. The summed E-state index contributed by atoms with van der Waals surface area (Å²) in [7, 11) is 0. The number of likely N-dealkylation sites (tertiary alicyclic amines) is 1. The van der Waals surface area contributed by atoms with Crippen LogP contribution in [0, 0.1) is 5.92 Å². The third kappa shape index (κ3) is 4.33. The highest BCUT2D eigenvalue weighted by Crippen LogP contribution is 2.21. The lowest BCUT2D eigenvalue weighted by molar-refractivity contribution is -0.121. The van der Waals surface area contributed by atoms with Crippen LogP contribution in [-0.4, -0.2) is 23.9 Å². The van der Waals surface area contributed by atoms with E-state index in [9.17, 15) is 4.79 Å². The van der Waals surface area contributed by atoms with Crippen molar-refractivity contribution in [2.24, 2.45) is 5.92 Å². The van der Waals surface area contributed by atoms with E-state index >= 15 is 0 Å². The minimum Gasteiger partial charge on any atom is -0.399 e. The number of rotatable bonds is 4. The van der Waals surface area contributed by atoms with E-state index in [1.54, 1.807) is 0 Å². The monoisotopic (exact) mass is 309 g/mol. The van der Waals surface area contributed by atoms with Crippen LogP contribution in [0.2, 0.25) is 0 Å². The Hall–Kier alpha value is -2.33. The van der Waals surface area contributed by atoms with Gasteiger partial charge in [0, 0.05) is 24.5 Å². The SMILES string of the molecule is Nc1cccc(CN2CCCC(C(=O)Nc3ccccc3)C2)c1. The molecule has 1 saturated heterocycles. The molecule has 0 spiro atoms. The van der Waals surface area contributed by atoms with E-state index < -0.39 is 0 Å². The molecule has 0 saturated carbocycles. The van der Waals surface area contributed by atoms with Gasteiger partial charge in [-0.1, -0.05) is 30.3 Å². The van der Waals surface area contributed by atoms with Crippen LogP contribution in [0.25, 0.3) is 0 Å². The number of hydrogen-bond donors (Lipinski definition) is 2. The molecule has 0 aromatic heterocycles. The fraction of sp³-hybridized carbons (Fsp3) is 0.316. The first-order valence-corrected chi connectivity index (χ1v) is 8.13. The van der Waals surface area contributed by atoms with Crippen LogP contribution in [0.3, 0.4) is 0 Å². The Balaban J connectivity index is 1.58. The van der Waals surface area contributed by atoms with E-state index in [1.807, 2.05) is 48.5 Å². The van der Waals surface area contributed by atoms with Crippen molar-refractivity contribution in [1.82, 2.24) is 4.90 Å². The number of nitrogen functional groups attached to an aromatic ring is 1. The highest BCUT2D eigenvalue weighted by atomic mass is 16.1. The molecule has 0 aliphatic carbocycles. The first kappa shape index (κ1) is 15.6. The minimum absolute atomic E-state index is 0.0463. The van der Waals surface area contributed by atoms with E-state index in [0.717, 1.165) is 43.9 Å². The van der Waals surface area contributed by atoms with E-state index in [-0.39, 0.29) is 11.8 Å². The summed E-state index contributed by atoms with van der Waals surface area (Å²) in [6.45, 7) is 2.68. The summed E-state index contributed by atoms with van der Waals surface area (Å²) in [6.07, 6.45) is 2.00. The fourth-order valence-corrected chi connectivity index (χ4v) is 3.13. The Kier molecular flexibility index (Phi) is 4.93. The molecule has 4 nitrogen and oxygen atoms in total. The molecule has 0 bridgehead atoms. The van der Waals surface area contributed by atoms with Gasteiger partial charge in [-0.3, -0.25) is 9.69 Å². The average Bonchev–Trinajstić information content (AvgIpc) is 2.56. The lowest BCUT2D eigenvalue weighted by Crippen LogP contribution is -2.40. The summed E-state index contributed by atoms with van der Waals surface area (Å²) in [5.74, 6) is 0.165. The number of para-hydroxylation sites is 1. The average molecular weight is 309 g/mol. The maximum Gasteiger partial charge on any atom is 0.228 e. The molecule has 1 atom stereocenters. The quantitative estimate of drug-likeness (QED) is 0.853. The summed E-state index contributed by atoms with van der Waals surface area (Å²) in [6, 6.07) is 17.6. The number of benzene rings is 2. The highest BCUT2D eigenvalue weighted by molar-refractivity contribution is 5.92. The van der Waals surface area contributed by atoms with Crippen LogP contribution in [-0.2, 0) is 11.3 Å². The third-order valence-corrected chi connectivity index (χ3v) is 4.27. The standard InChI is InChI=1S/C19H23N3O/c20-17-8-4-6-15(12-17)13-22-11-5-7-16(14-22)19(23)21-18-9-2-1-3-10-18/h1-4,6,8-10,12,16H,5,7,11,13-14,20H2,(H,21,23). The van der Waals surface area contributed by atoms with Crippen LogP contribution in [0.1, 0.15) is 18.4 Å². The van der Waals surface area contributed by atoms with Crippen LogP contribution in [0.15, 0.2) is 54.6 Å². The molecule has 1 amide bonds. The zero-order valence-electron chi connectivity index (χ0n) is 13.2. The van der Waals surface area contributed by atoms with Crippen LogP contribution >= 0.6 is 0 Å². The lowest BCUT2D eigenvalue weighted by Gasteiger charge is -2.32. The molecule has 3 rings (SSSR count). The molecule has 1 heterocycles. The van der Waals surface area contributed by atoms with Crippen molar-refractivity contribution < 1.29 is 4.79 Å². The van der Waals surface area contributed by atoms with Gasteiger partial charge in [0.25, 0.3) is 0 Å². The number of nitrogens with zero attached hydrogens (tertiary/aromatic N) is 1. The van der Waals surface area contributed by atoms with E-state index in [4.69, 9.17) is 5.73 Å². The number of amides is 1. The highest BCUT2D eigenvalue weighted by Gasteiger charge is 2.25.